The molecule has 0 aliphatic carbocycles. The van der Waals surface area contributed by atoms with E-state index in [0.29, 0.717) is 9.47 Å². The normalized spacial score (nSPS) is 11.8. The van der Waals surface area contributed by atoms with Crippen molar-refractivity contribution in [1.82, 2.24) is 10.2 Å². The fourth-order valence-electron chi connectivity index (χ4n) is 1.58. The number of nitrogens with one attached hydrogen (secondary N) is 1. The number of amides is 1. The fourth-order valence-corrected chi connectivity index (χ4v) is 4.01. The fraction of sp³-hybridized carbons (Fsp3) is 0.333. The molecule has 0 fully saturated rings. The van der Waals surface area contributed by atoms with Crippen LogP contribution >= 0.6 is 34.9 Å². The molecule has 0 saturated carbocycles. The Morgan fingerprint density at radius 2 is 2.04 bits per heavy atom. The first kappa shape index (κ1) is 18.8. The van der Waals surface area contributed by atoms with Crippen LogP contribution in [0.4, 0.5) is 5.13 Å². The Labute approximate surface area is 152 Å². The van der Waals surface area contributed by atoms with Crippen molar-refractivity contribution in [3.8, 4) is 0 Å². The molecule has 9 heteroatoms. The predicted molar refractivity (Wildman–Crippen MR) is 98.5 cm³/mol. The highest BCUT2D eigenvalue weighted by Gasteiger charge is 2.16. The zero-order valence-corrected chi connectivity index (χ0v) is 15.7. The van der Waals surface area contributed by atoms with Gasteiger partial charge in [0.2, 0.25) is 11.0 Å². The third-order valence-corrected chi connectivity index (χ3v) is 6.05. The van der Waals surface area contributed by atoms with E-state index in [2.05, 4.69) is 20.3 Å². The molecule has 1 amide bonds. The van der Waals surface area contributed by atoms with E-state index >= 15 is 0 Å². The molecule has 0 radical (unpaired) electrons. The van der Waals surface area contributed by atoms with E-state index in [9.17, 15) is 9.59 Å². The van der Waals surface area contributed by atoms with E-state index < -0.39 is 0 Å². The molecule has 1 aromatic carbocycles. The number of esters is 1. The topological polar surface area (TPSA) is 81.2 Å². The molecule has 1 aromatic heterocycles. The van der Waals surface area contributed by atoms with Crippen LogP contribution in [-0.4, -0.2) is 40.2 Å². The molecule has 128 valence electrons. The molecule has 0 saturated heterocycles. The van der Waals surface area contributed by atoms with Crippen molar-refractivity contribution in [2.24, 2.45) is 0 Å². The SMILES string of the molecule is COC(=O)CSc1nnc(NC(=O)[C@@H](C)SCc2ccccc2)s1. The molecule has 1 N–H and O–H groups in total. The maximum atomic E-state index is 12.2. The Morgan fingerprint density at radius 1 is 1.29 bits per heavy atom. The van der Waals surface area contributed by atoms with Gasteiger partial charge in [-0.3, -0.25) is 14.9 Å². The molecule has 1 heterocycles. The van der Waals surface area contributed by atoms with Crippen LogP contribution in [0.2, 0.25) is 0 Å². The number of carbonyl (C=O) groups excluding carboxylic acids is 2. The predicted octanol–water partition coefficient (Wildman–Crippen LogP) is 3.06. The molecule has 0 aliphatic rings. The van der Waals surface area contributed by atoms with Gasteiger partial charge in [-0.25, -0.2) is 0 Å². The van der Waals surface area contributed by atoms with Crippen LogP contribution in [-0.2, 0) is 20.1 Å². The number of aromatic nitrogens is 2. The van der Waals surface area contributed by atoms with Gasteiger partial charge < -0.3 is 4.74 Å². The number of benzene rings is 1. The van der Waals surface area contributed by atoms with Gasteiger partial charge >= 0.3 is 5.97 Å². The highest BCUT2D eigenvalue weighted by atomic mass is 32.2. The monoisotopic (exact) mass is 383 g/mol. The van der Waals surface area contributed by atoms with Gasteiger partial charge in [-0.15, -0.1) is 22.0 Å². The van der Waals surface area contributed by atoms with Gasteiger partial charge in [-0.1, -0.05) is 53.4 Å². The quantitative estimate of drug-likeness (QED) is 0.426. The number of ether oxygens (including phenoxy) is 1. The van der Waals surface area contributed by atoms with Crippen molar-refractivity contribution in [2.75, 3.05) is 18.2 Å². The highest BCUT2D eigenvalue weighted by Crippen LogP contribution is 2.26. The van der Waals surface area contributed by atoms with E-state index in [1.54, 1.807) is 11.8 Å². The summed E-state index contributed by atoms with van der Waals surface area (Å²) < 4.78 is 5.17. The molecule has 6 nitrogen and oxygen atoms in total. The summed E-state index contributed by atoms with van der Waals surface area (Å²) in [5.41, 5.74) is 1.18. The van der Waals surface area contributed by atoms with Crippen molar-refractivity contribution in [3.05, 3.63) is 35.9 Å². The molecule has 0 spiro atoms. The van der Waals surface area contributed by atoms with E-state index in [1.165, 1.54) is 35.8 Å². The van der Waals surface area contributed by atoms with E-state index in [0.717, 1.165) is 5.75 Å². The van der Waals surface area contributed by atoms with Gasteiger partial charge in [0, 0.05) is 5.75 Å². The molecular weight excluding hydrogens is 366 g/mol. The van der Waals surface area contributed by atoms with Crippen molar-refractivity contribution in [2.45, 2.75) is 22.3 Å². The minimum absolute atomic E-state index is 0.114. The molecule has 2 aromatic rings. The van der Waals surface area contributed by atoms with Crippen LogP contribution in [0.15, 0.2) is 34.7 Å². The standard InChI is InChI=1S/C15H17N3O3S3/c1-10(22-8-11-6-4-3-5-7-11)13(20)16-14-17-18-15(24-14)23-9-12(19)21-2/h3-7,10H,8-9H2,1-2H3,(H,16,17,20)/t10-/m1/s1. The molecular formula is C15H17N3O3S3. The number of anilines is 1. The Bertz CT molecular complexity index is 679. The smallest absolute Gasteiger partial charge is 0.316 e. The summed E-state index contributed by atoms with van der Waals surface area (Å²) in [5.74, 6) is 0.497. The molecule has 0 bridgehead atoms. The van der Waals surface area contributed by atoms with E-state index in [1.807, 2.05) is 37.3 Å². The first-order chi connectivity index (χ1) is 11.6. The lowest BCUT2D eigenvalue weighted by molar-refractivity contribution is -0.137. The van der Waals surface area contributed by atoms with Gasteiger partial charge in [0.1, 0.15) is 0 Å². The summed E-state index contributed by atoms with van der Waals surface area (Å²) in [6, 6.07) is 10.0. The highest BCUT2D eigenvalue weighted by molar-refractivity contribution is 8.01. The minimum Gasteiger partial charge on any atom is -0.468 e. The number of carbonyl (C=O) groups is 2. The summed E-state index contributed by atoms with van der Waals surface area (Å²) in [5, 5.41) is 10.8. The number of hydrogen-bond acceptors (Lipinski definition) is 8. The third kappa shape index (κ3) is 6.14. The van der Waals surface area contributed by atoms with Crippen LogP contribution in [0.5, 0.6) is 0 Å². The average molecular weight is 384 g/mol. The second kappa shape index (κ2) is 9.65. The Balaban J connectivity index is 1.79. The Kier molecular flexibility index (Phi) is 7.54. The lowest BCUT2D eigenvalue weighted by Gasteiger charge is -2.10. The zero-order chi connectivity index (χ0) is 17.4. The number of thioether (sulfide) groups is 2. The molecule has 0 unspecified atom stereocenters. The second-order valence-electron chi connectivity index (χ2n) is 4.67. The summed E-state index contributed by atoms with van der Waals surface area (Å²) in [6.07, 6.45) is 0. The van der Waals surface area contributed by atoms with Crippen molar-refractivity contribution in [1.29, 1.82) is 0 Å². The minimum atomic E-state index is -0.327. The molecule has 24 heavy (non-hydrogen) atoms. The summed E-state index contributed by atoms with van der Waals surface area (Å²) in [6.45, 7) is 1.86. The van der Waals surface area contributed by atoms with Crippen LogP contribution in [0, 0.1) is 0 Å². The third-order valence-electron chi connectivity index (χ3n) is 2.89. The van der Waals surface area contributed by atoms with E-state index in [4.69, 9.17) is 0 Å². The van der Waals surface area contributed by atoms with Gasteiger partial charge in [0.15, 0.2) is 4.34 Å². The van der Waals surface area contributed by atoms with Gasteiger partial charge in [0.05, 0.1) is 18.1 Å². The van der Waals surface area contributed by atoms with Crippen LogP contribution in [0.1, 0.15) is 12.5 Å². The molecule has 2 rings (SSSR count). The number of rotatable bonds is 8. The summed E-state index contributed by atoms with van der Waals surface area (Å²) in [4.78, 5) is 23.3. The lowest BCUT2D eigenvalue weighted by Crippen LogP contribution is -2.22. The van der Waals surface area contributed by atoms with Gasteiger partial charge in [-0.2, -0.15) is 0 Å². The largest absolute Gasteiger partial charge is 0.468 e. The average Bonchev–Trinajstić information content (AvgIpc) is 3.05. The zero-order valence-electron chi connectivity index (χ0n) is 13.2. The van der Waals surface area contributed by atoms with Crippen molar-refractivity contribution in [3.63, 3.8) is 0 Å². The molecule has 1 atom stereocenters. The number of nitrogens with zero attached hydrogens (tertiary/aromatic N) is 2. The lowest BCUT2D eigenvalue weighted by atomic mass is 10.2. The van der Waals surface area contributed by atoms with Crippen LogP contribution < -0.4 is 5.32 Å². The summed E-state index contributed by atoms with van der Waals surface area (Å²) >= 11 is 4.03. The van der Waals surface area contributed by atoms with Crippen LogP contribution in [0.25, 0.3) is 0 Å². The van der Waals surface area contributed by atoms with Crippen molar-refractivity contribution < 1.29 is 14.3 Å². The number of methoxy groups -OCH3 is 1. The van der Waals surface area contributed by atoms with E-state index in [-0.39, 0.29) is 22.9 Å². The maximum Gasteiger partial charge on any atom is 0.316 e. The first-order valence-electron chi connectivity index (χ1n) is 7.08. The second-order valence-corrected chi connectivity index (χ2v) is 8.20. The number of hydrogen-bond donors (Lipinski definition) is 1. The van der Waals surface area contributed by atoms with Crippen LogP contribution in [0.3, 0.4) is 0 Å². The Hall–Kier alpha value is -1.58. The first-order valence-corrected chi connectivity index (χ1v) is 9.93. The Morgan fingerprint density at radius 3 is 2.75 bits per heavy atom. The van der Waals surface area contributed by atoms with Gasteiger partial charge in [-0.05, 0) is 12.5 Å². The maximum absolute atomic E-state index is 12.2. The summed E-state index contributed by atoms with van der Waals surface area (Å²) in [7, 11) is 1.34. The van der Waals surface area contributed by atoms with Crippen molar-refractivity contribution >= 4 is 51.9 Å². The molecule has 0 aliphatic heterocycles. The van der Waals surface area contributed by atoms with Gasteiger partial charge in [0.25, 0.3) is 0 Å².